The van der Waals surface area contributed by atoms with Crippen molar-refractivity contribution in [2.45, 2.75) is 25.3 Å². The van der Waals surface area contributed by atoms with E-state index < -0.39 is 0 Å². The zero-order valence-corrected chi connectivity index (χ0v) is 7.03. The molecule has 0 spiro atoms. The van der Waals surface area contributed by atoms with Crippen molar-refractivity contribution in [1.29, 1.82) is 0 Å². The summed E-state index contributed by atoms with van der Waals surface area (Å²) in [6.45, 7) is 0. The topological polar surface area (TPSA) is 65.8 Å². The highest BCUT2D eigenvalue weighted by Gasteiger charge is 2.24. The molecule has 0 aromatic carbocycles. The Balaban J connectivity index is 2.47. The first-order valence-electron chi connectivity index (χ1n) is 4.11. The molecule has 1 aliphatic carbocycles. The molecule has 66 valence electrons. The van der Waals surface area contributed by atoms with Crippen LogP contribution in [-0.2, 0) is 7.05 Å². The van der Waals surface area contributed by atoms with Gasteiger partial charge >= 0.3 is 5.69 Å². The summed E-state index contributed by atoms with van der Waals surface area (Å²) in [6, 6.07) is 0.297. The van der Waals surface area contributed by atoms with Gasteiger partial charge in [-0.25, -0.2) is 9.48 Å². The van der Waals surface area contributed by atoms with Gasteiger partial charge in [0.1, 0.15) is 0 Å². The second-order valence-electron chi connectivity index (χ2n) is 3.22. The number of nitrogens with two attached hydrogens (primary N) is 1. The Morgan fingerprint density at radius 2 is 2.25 bits per heavy atom. The normalized spacial score (nSPS) is 17.8. The van der Waals surface area contributed by atoms with Gasteiger partial charge in [0.15, 0.2) is 0 Å². The van der Waals surface area contributed by atoms with E-state index in [0.717, 1.165) is 12.8 Å². The van der Waals surface area contributed by atoms with Crippen LogP contribution in [0, 0.1) is 0 Å². The van der Waals surface area contributed by atoms with Crippen molar-refractivity contribution >= 4 is 5.95 Å². The van der Waals surface area contributed by atoms with E-state index in [1.807, 2.05) is 0 Å². The molecule has 2 rings (SSSR count). The Labute approximate surface area is 69.8 Å². The van der Waals surface area contributed by atoms with Crippen molar-refractivity contribution in [2.24, 2.45) is 7.05 Å². The third-order valence-electron chi connectivity index (χ3n) is 2.42. The average molecular weight is 168 g/mol. The Hall–Kier alpha value is -1.26. The largest absolute Gasteiger partial charge is 0.368 e. The molecule has 0 unspecified atom stereocenters. The van der Waals surface area contributed by atoms with E-state index in [-0.39, 0.29) is 5.69 Å². The molecule has 0 saturated heterocycles. The molecule has 0 bridgehead atoms. The third-order valence-corrected chi connectivity index (χ3v) is 2.42. The van der Waals surface area contributed by atoms with Crippen molar-refractivity contribution in [3.8, 4) is 0 Å². The fourth-order valence-corrected chi connectivity index (χ4v) is 1.49. The van der Waals surface area contributed by atoms with Gasteiger partial charge in [-0.3, -0.25) is 4.57 Å². The summed E-state index contributed by atoms with van der Waals surface area (Å²) in [4.78, 5) is 11.4. The standard InChI is InChI=1S/C7H12N4O/c1-10-7(12)11(6(8)9-10)5-3-2-4-5/h5H,2-4H2,1H3,(H2,8,9). The van der Waals surface area contributed by atoms with Crippen LogP contribution in [0.4, 0.5) is 5.95 Å². The third kappa shape index (κ3) is 0.855. The first kappa shape index (κ1) is 7.39. The van der Waals surface area contributed by atoms with Crippen LogP contribution < -0.4 is 11.4 Å². The van der Waals surface area contributed by atoms with E-state index >= 15 is 0 Å². The summed E-state index contributed by atoms with van der Waals surface area (Å²) in [6.07, 6.45) is 3.29. The zero-order chi connectivity index (χ0) is 8.72. The van der Waals surface area contributed by atoms with Crippen molar-refractivity contribution in [3.05, 3.63) is 10.5 Å². The Kier molecular flexibility index (Phi) is 1.46. The van der Waals surface area contributed by atoms with Gasteiger partial charge in [0.25, 0.3) is 0 Å². The van der Waals surface area contributed by atoms with Crippen LogP contribution in [-0.4, -0.2) is 14.3 Å². The van der Waals surface area contributed by atoms with E-state index in [2.05, 4.69) is 5.10 Å². The lowest BCUT2D eigenvalue weighted by molar-refractivity contribution is 0.308. The number of rotatable bonds is 1. The Morgan fingerprint density at radius 3 is 2.58 bits per heavy atom. The van der Waals surface area contributed by atoms with Gasteiger partial charge in [-0.05, 0) is 19.3 Å². The first-order valence-corrected chi connectivity index (χ1v) is 4.11. The fourth-order valence-electron chi connectivity index (χ4n) is 1.49. The minimum absolute atomic E-state index is 0.0998. The Morgan fingerprint density at radius 1 is 1.58 bits per heavy atom. The van der Waals surface area contributed by atoms with Gasteiger partial charge < -0.3 is 5.73 Å². The fraction of sp³-hybridized carbons (Fsp3) is 0.714. The number of hydrogen-bond acceptors (Lipinski definition) is 3. The van der Waals surface area contributed by atoms with Crippen molar-refractivity contribution < 1.29 is 0 Å². The molecule has 0 atom stereocenters. The van der Waals surface area contributed by atoms with Crippen molar-refractivity contribution in [3.63, 3.8) is 0 Å². The number of aryl methyl sites for hydroxylation is 1. The molecule has 1 fully saturated rings. The van der Waals surface area contributed by atoms with Crippen LogP contribution in [0.15, 0.2) is 4.79 Å². The molecule has 0 aliphatic heterocycles. The number of nitrogens with zero attached hydrogens (tertiary/aromatic N) is 3. The molecule has 1 heterocycles. The van der Waals surface area contributed by atoms with E-state index in [9.17, 15) is 4.79 Å². The quantitative estimate of drug-likeness (QED) is 0.636. The van der Waals surface area contributed by atoms with Gasteiger partial charge in [0.2, 0.25) is 5.95 Å². The Bertz CT molecular complexity index is 347. The molecule has 0 amide bonds. The monoisotopic (exact) mass is 168 g/mol. The summed E-state index contributed by atoms with van der Waals surface area (Å²) in [5, 5.41) is 3.86. The molecule has 12 heavy (non-hydrogen) atoms. The molecular weight excluding hydrogens is 156 g/mol. The molecule has 1 saturated carbocycles. The maximum atomic E-state index is 11.4. The van der Waals surface area contributed by atoms with E-state index in [4.69, 9.17) is 5.73 Å². The van der Waals surface area contributed by atoms with Crippen LogP contribution in [0.5, 0.6) is 0 Å². The average Bonchev–Trinajstić information content (AvgIpc) is 2.13. The summed E-state index contributed by atoms with van der Waals surface area (Å²) in [5.41, 5.74) is 5.48. The minimum atomic E-state index is -0.0998. The first-order chi connectivity index (χ1) is 5.70. The molecule has 5 heteroatoms. The SMILES string of the molecule is Cn1nc(N)n(C2CCC2)c1=O. The van der Waals surface area contributed by atoms with E-state index in [1.165, 1.54) is 11.1 Å². The predicted molar refractivity (Wildman–Crippen MR) is 44.8 cm³/mol. The van der Waals surface area contributed by atoms with Crippen LogP contribution >= 0.6 is 0 Å². The predicted octanol–water partition coefficient (Wildman–Crippen LogP) is -0.111. The molecule has 0 radical (unpaired) electrons. The highest BCUT2D eigenvalue weighted by Crippen LogP contribution is 2.31. The van der Waals surface area contributed by atoms with Gasteiger partial charge in [-0.2, -0.15) is 0 Å². The van der Waals surface area contributed by atoms with Gasteiger partial charge in [0, 0.05) is 13.1 Å². The second kappa shape index (κ2) is 2.36. The van der Waals surface area contributed by atoms with Crippen LogP contribution in [0.3, 0.4) is 0 Å². The molecule has 1 aromatic heterocycles. The van der Waals surface area contributed by atoms with E-state index in [0.29, 0.717) is 12.0 Å². The summed E-state index contributed by atoms with van der Waals surface area (Å²) < 4.78 is 2.87. The highest BCUT2D eigenvalue weighted by molar-refractivity contribution is 5.16. The van der Waals surface area contributed by atoms with Crippen LogP contribution in [0.2, 0.25) is 0 Å². The maximum Gasteiger partial charge on any atom is 0.347 e. The molecule has 2 N–H and O–H groups in total. The lowest BCUT2D eigenvalue weighted by Crippen LogP contribution is -2.30. The van der Waals surface area contributed by atoms with Gasteiger partial charge in [-0.15, -0.1) is 5.10 Å². The summed E-state index contributed by atoms with van der Waals surface area (Å²) in [5.74, 6) is 0.340. The second-order valence-corrected chi connectivity index (χ2v) is 3.22. The number of anilines is 1. The lowest BCUT2D eigenvalue weighted by Gasteiger charge is -2.25. The van der Waals surface area contributed by atoms with Gasteiger partial charge in [0.05, 0.1) is 0 Å². The highest BCUT2D eigenvalue weighted by atomic mass is 16.2. The number of aromatic nitrogens is 3. The number of hydrogen-bond donors (Lipinski definition) is 1. The summed E-state index contributed by atoms with van der Waals surface area (Å²) in [7, 11) is 1.62. The van der Waals surface area contributed by atoms with E-state index in [1.54, 1.807) is 11.6 Å². The molecule has 5 nitrogen and oxygen atoms in total. The van der Waals surface area contributed by atoms with Crippen molar-refractivity contribution in [2.75, 3.05) is 5.73 Å². The van der Waals surface area contributed by atoms with Crippen molar-refractivity contribution in [1.82, 2.24) is 14.3 Å². The summed E-state index contributed by atoms with van der Waals surface area (Å²) >= 11 is 0. The number of nitrogen functional groups attached to an aromatic ring is 1. The lowest BCUT2D eigenvalue weighted by atomic mass is 9.93. The smallest absolute Gasteiger partial charge is 0.347 e. The van der Waals surface area contributed by atoms with Crippen LogP contribution in [0.1, 0.15) is 25.3 Å². The van der Waals surface area contributed by atoms with Crippen LogP contribution in [0.25, 0.3) is 0 Å². The minimum Gasteiger partial charge on any atom is -0.368 e. The zero-order valence-electron chi connectivity index (χ0n) is 7.03. The molecular formula is C7H12N4O. The van der Waals surface area contributed by atoms with Gasteiger partial charge in [-0.1, -0.05) is 0 Å². The maximum absolute atomic E-state index is 11.4. The molecule has 1 aromatic rings. The molecule has 1 aliphatic rings.